The minimum absolute atomic E-state index is 0.0279. The summed E-state index contributed by atoms with van der Waals surface area (Å²) in [6.45, 7) is 3.14. The summed E-state index contributed by atoms with van der Waals surface area (Å²) in [4.78, 5) is 22.1. The molecule has 21 heavy (non-hydrogen) atoms. The molecule has 1 aliphatic rings. The Labute approximate surface area is 125 Å². The van der Waals surface area contributed by atoms with Crippen molar-refractivity contribution in [3.8, 4) is 0 Å². The van der Waals surface area contributed by atoms with Crippen molar-refractivity contribution < 1.29 is 19.4 Å². The molecule has 0 radical (unpaired) electrons. The Morgan fingerprint density at radius 1 is 1.29 bits per heavy atom. The van der Waals surface area contributed by atoms with Crippen LogP contribution in [0.25, 0.3) is 0 Å². The fourth-order valence-electron chi connectivity index (χ4n) is 2.99. The van der Waals surface area contributed by atoms with E-state index in [1.807, 2.05) is 24.3 Å². The van der Waals surface area contributed by atoms with Crippen LogP contribution < -0.4 is 0 Å². The van der Waals surface area contributed by atoms with Crippen LogP contribution >= 0.6 is 0 Å². The van der Waals surface area contributed by atoms with Crippen molar-refractivity contribution in [2.24, 2.45) is 5.92 Å². The minimum atomic E-state index is -0.812. The molecule has 0 amide bonds. The molecule has 0 unspecified atom stereocenters. The van der Waals surface area contributed by atoms with Gasteiger partial charge >= 0.3 is 11.9 Å². The number of aliphatic carboxylic acids is 1. The quantitative estimate of drug-likeness (QED) is 0.846. The van der Waals surface area contributed by atoms with Crippen molar-refractivity contribution in [3.05, 3.63) is 35.4 Å². The van der Waals surface area contributed by atoms with Gasteiger partial charge in [0.05, 0.1) is 5.92 Å². The molecule has 1 fully saturated rings. The molecule has 0 spiro atoms. The van der Waals surface area contributed by atoms with E-state index in [2.05, 4.69) is 0 Å². The van der Waals surface area contributed by atoms with E-state index in [9.17, 15) is 9.59 Å². The number of esters is 1. The summed E-state index contributed by atoms with van der Waals surface area (Å²) in [6, 6.07) is 7.73. The third kappa shape index (κ3) is 4.06. The Morgan fingerprint density at radius 3 is 2.52 bits per heavy atom. The van der Waals surface area contributed by atoms with Crippen LogP contribution in [0.1, 0.15) is 50.2 Å². The number of hydrogen-bond donors (Lipinski definition) is 1. The van der Waals surface area contributed by atoms with Crippen LogP contribution in [0.5, 0.6) is 0 Å². The zero-order chi connectivity index (χ0) is 15.4. The number of carboxylic acid groups (broad SMARTS) is 1. The molecular formula is C17H22O4. The fourth-order valence-corrected chi connectivity index (χ4v) is 2.99. The molecule has 0 aliphatic heterocycles. The van der Waals surface area contributed by atoms with E-state index in [1.165, 1.54) is 12.5 Å². The van der Waals surface area contributed by atoms with E-state index in [4.69, 9.17) is 9.84 Å². The summed E-state index contributed by atoms with van der Waals surface area (Å²) in [5, 5.41) is 9.00. The number of benzene rings is 1. The van der Waals surface area contributed by atoms with Crippen molar-refractivity contribution in [2.75, 3.05) is 0 Å². The maximum atomic E-state index is 11.1. The molecule has 1 aromatic rings. The predicted octanol–water partition coefficient (Wildman–Crippen LogP) is 3.15. The summed E-state index contributed by atoms with van der Waals surface area (Å²) >= 11 is 0. The van der Waals surface area contributed by atoms with Crippen molar-refractivity contribution in [3.63, 3.8) is 0 Å². The fraction of sp³-hybridized carbons (Fsp3) is 0.529. The minimum Gasteiger partial charge on any atom is -0.481 e. The second-order valence-corrected chi connectivity index (χ2v) is 5.84. The Bertz CT molecular complexity index is 506. The number of hydrogen-bond acceptors (Lipinski definition) is 3. The lowest BCUT2D eigenvalue weighted by Crippen LogP contribution is -2.22. The molecule has 4 heteroatoms. The van der Waals surface area contributed by atoms with E-state index in [1.54, 1.807) is 6.92 Å². The highest BCUT2D eigenvalue weighted by Gasteiger charge is 2.29. The number of rotatable bonds is 5. The van der Waals surface area contributed by atoms with Gasteiger partial charge in [0.2, 0.25) is 0 Å². The van der Waals surface area contributed by atoms with Crippen molar-refractivity contribution in [2.45, 2.75) is 51.6 Å². The second kappa shape index (κ2) is 6.74. The van der Waals surface area contributed by atoms with Gasteiger partial charge in [0.25, 0.3) is 0 Å². The van der Waals surface area contributed by atoms with Gasteiger partial charge in [-0.05, 0) is 49.7 Å². The molecule has 1 N–H and O–H groups in total. The standard InChI is InChI=1S/C17H22O4/c1-11(17(19)20)14-8-6-13(7-9-14)10-15-4-3-5-16(15)21-12(2)18/h6-9,11,15-16H,3-5,10H2,1-2H3,(H,19,20)/t11-,15+,16-/m0/s1. The molecule has 1 aliphatic carbocycles. The summed E-state index contributed by atoms with van der Waals surface area (Å²) in [5.41, 5.74) is 1.98. The molecule has 0 heterocycles. The summed E-state index contributed by atoms with van der Waals surface area (Å²) in [7, 11) is 0. The van der Waals surface area contributed by atoms with Gasteiger partial charge < -0.3 is 9.84 Å². The first-order valence-corrected chi connectivity index (χ1v) is 7.46. The van der Waals surface area contributed by atoms with Crippen LogP contribution in [0.2, 0.25) is 0 Å². The van der Waals surface area contributed by atoms with E-state index >= 15 is 0 Å². The zero-order valence-electron chi connectivity index (χ0n) is 12.5. The largest absolute Gasteiger partial charge is 0.481 e. The molecule has 4 nitrogen and oxygen atoms in total. The van der Waals surface area contributed by atoms with Gasteiger partial charge in [-0.25, -0.2) is 0 Å². The SMILES string of the molecule is CC(=O)O[C@H]1CCC[C@@H]1Cc1ccc([C@H](C)C(=O)O)cc1. The second-order valence-electron chi connectivity index (χ2n) is 5.84. The van der Waals surface area contributed by atoms with E-state index < -0.39 is 11.9 Å². The molecule has 2 rings (SSSR count). The van der Waals surface area contributed by atoms with Crippen LogP contribution in [0.3, 0.4) is 0 Å². The predicted molar refractivity (Wildman–Crippen MR) is 79.1 cm³/mol. The van der Waals surface area contributed by atoms with Crippen molar-refractivity contribution >= 4 is 11.9 Å². The van der Waals surface area contributed by atoms with Crippen LogP contribution in [0.4, 0.5) is 0 Å². The third-order valence-corrected chi connectivity index (χ3v) is 4.25. The van der Waals surface area contributed by atoms with Gasteiger partial charge in [-0.2, -0.15) is 0 Å². The van der Waals surface area contributed by atoms with E-state index in [0.717, 1.165) is 31.2 Å². The summed E-state index contributed by atoms with van der Waals surface area (Å²) in [5.74, 6) is -1.14. The molecule has 1 saturated carbocycles. The first kappa shape index (κ1) is 15.5. The van der Waals surface area contributed by atoms with Crippen molar-refractivity contribution in [1.29, 1.82) is 0 Å². The monoisotopic (exact) mass is 290 g/mol. The van der Waals surface area contributed by atoms with E-state index in [-0.39, 0.29) is 12.1 Å². The van der Waals surface area contributed by atoms with Crippen LogP contribution in [-0.2, 0) is 20.7 Å². The lowest BCUT2D eigenvalue weighted by Gasteiger charge is -2.19. The molecule has 0 saturated heterocycles. The smallest absolute Gasteiger partial charge is 0.310 e. The average Bonchev–Trinajstić information content (AvgIpc) is 2.85. The molecule has 1 aromatic carbocycles. The number of ether oxygens (including phenoxy) is 1. The zero-order valence-corrected chi connectivity index (χ0v) is 12.5. The Morgan fingerprint density at radius 2 is 1.95 bits per heavy atom. The number of carboxylic acids is 1. The highest BCUT2D eigenvalue weighted by Crippen LogP contribution is 2.31. The third-order valence-electron chi connectivity index (χ3n) is 4.25. The Hall–Kier alpha value is -1.84. The lowest BCUT2D eigenvalue weighted by atomic mass is 9.93. The van der Waals surface area contributed by atoms with Gasteiger partial charge in [0.1, 0.15) is 6.10 Å². The maximum absolute atomic E-state index is 11.1. The Kier molecular flexibility index (Phi) is 4.99. The molecule has 0 aromatic heterocycles. The highest BCUT2D eigenvalue weighted by molar-refractivity contribution is 5.75. The topological polar surface area (TPSA) is 63.6 Å². The average molecular weight is 290 g/mol. The number of carbonyl (C=O) groups excluding carboxylic acids is 1. The molecule has 0 bridgehead atoms. The van der Waals surface area contributed by atoms with Crippen LogP contribution in [-0.4, -0.2) is 23.1 Å². The maximum Gasteiger partial charge on any atom is 0.310 e. The van der Waals surface area contributed by atoms with Gasteiger partial charge in [-0.1, -0.05) is 24.3 Å². The lowest BCUT2D eigenvalue weighted by molar-refractivity contribution is -0.148. The van der Waals surface area contributed by atoms with Crippen LogP contribution in [0, 0.1) is 5.92 Å². The molecular weight excluding hydrogens is 268 g/mol. The normalized spacial score (nSPS) is 22.8. The highest BCUT2D eigenvalue weighted by atomic mass is 16.5. The number of carbonyl (C=O) groups is 2. The summed E-state index contributed by atoms with van der Waals surface area (Å²) in [6.07, 6.45) is 4.01. The molecule has 3 atom stereocenters. The molecule has 114 valence electrons. The van der Waals surface area contributed by atoms with Gasteiger partial charge in [0.15, 0.2) is 0 Å². The van der Waals surface area contributed by atoms with Gasteiger partial charge in [-0.3, -0.25) is 9.59 Å². The van der Waals surface area contributed by atoms with Crippen LogP contribution in [0.15, 0.2) is 24.3 Å². The van der Waals surface area contributed by atoms with Gasteiger partial charge in [-0.15, -0.1) is 0 Å². The first-order chi connectivity index (χ1) is 9.97. The van der Waals surface area contributed by atoms with Crippen molar-refractivity contribution in [1.82, 2.24) is 0 Å². The van der Waals surface area contributed by atoms with Gasteiger partial charge in [0, 0.05) is 6.92 Å². The Balaban J connectivity index is 1.99. The summed E-state index contributed by atoms with van der Waals surface area (Å²) < 4.78 is 5.37. The first-order valence-electron chi connectivity index (χ1n) is 7.46. The van der Waals surface area contributed by atoms with E-state index in [0.29, 0.717) is 5.92 Å².